The number of hydrogen-bond acceptors (Lipinski definition) is 4. The molecule has 0 atom stereocenters. The Kier molecular flexibility index (Phi) is 6.57. The molecule has 0 amide bonds. The molecule has 0 aliphatic rings. The number of benzene rings is 2. The van der Waals surface area contributed by atoms with Gasteiger partial charge in [0.1, 0.15) is 21.4 Å². The maximum atomic E-state index is 14.8. The third-order valence-electron chi connectivity index (χ3n) is 5.09. The maximum Gasteiger partial charge on any atom is 0.419 e. The van der Waals surface area contributed by atoms with E-state index in [1.54, 1.807) is 29.7 Å². The van der Waals surface area contributed by atoms with E-state index in [4.69, 9.17) is 11.6 Å². The molecule has 1 aromatic heterocycles. The van der Waals surface area contributed by atoms with Gasteiger partial charge in [-0.3, -0.25) is 0 Å². The fraction of sp³-hybridized carbons (Fsp3) is 0.286. The van der Waals surface area contributed by atoms with Crippen LogP contribution in [0.25, 0.3) is 10.9 Å². The zero-order chi connectivity index (χ0) is 23.8. The second-order valence-electron chi connectivity index (χ2n) is 7.34. The van der Waals surface area contributed by atoms with Gasteiger partial charge in [-0.05, 0) is 31.5 Å². The minimum absolute atomic E-state index is 0.0882. The van der Waals surface area contributed by atoms with Crippen molar-refractivity contribution in [2.45, 2.75) is 26.1 Å². The van der Waals surface area contributed by atoms with Gasteiger partial charge in [0.15, 0.2) is 0 Å². The molecule has 0 aliphatic carbocycles. The molecule has 2 aromatic carbocycles. The monoisotopic (exact) mass is 490 g/mol. The van der Waals surface area contributed by atoms with Crippen LogP contribution in [0, 0.1) is 12.7 Å². The quantitative estimate of drug-likeness (QED) is 0.217. The van der Waals surface area contributed by atoms with Gasteiger partial charge in [-0.15, -0.1) is 0 Å². The highest BCUT2D eigenvalue weighted by atomic mass is 35.5. The van der Waals surface area contributed by atoms with E-state index in [0.717, 1.165) is 18.4 Å². The molecule has 3 aromatic rings. The lowest BCUT2D eigenvalue weighted by molar-refractivity contribution is -0.140. The van der Waals surface area contributed by atoms with Gasteiger partial charge in [0.25, 0.3) is 0 Å². The van der Waals surface area contributed by atoms with Crippen LogP contribution in [0.1, 0.15) is 28.8 Å². The molecule has 172 valence electrons. The topological polar surface area (TPSA) is 71.7 Å². The number of sulfone groups is 1. The first-order chi connectivity index (χ1) is 14.9. The van der Waals surface area contributed by atoms with Crippen LogP contribution in [-0.2, 0) is 22.6 Å². The van der Waals surface area contributed by atoms with E-state index in [2.05, 4.69) is 5.16 Å². The molecule has 1 N–H and O–H groups in total. The summed E-state index contributed by atoms with van der Waals surface area (Å²) in [6.45, 7) is 1.84. The van der Waals surface area contributed by atoms with Crippen molar-refractivity contribution in [3.63, 3.8) is 0 Å². The number of oxime groups is 1. The number of fused-ring (bicyclic) bond motifs is 1. The number of rotatable bonds is 6. The first-order valence-corrected chi connectivity index (χ1v) is 11.8. The summed E-state index contributed by atoms with van der Waals surface area (Å²) in [7, 11) is -3.22. The van der Waals surface area contributed by atoms with Crippen LogP contribution >= 0.6 is 11.6 Å². The molecule has 0 unspecified atom stereocenters. The van der Waals surface area contributed by atoms with Crippen molar-refractivity contribution in [2.75, 3.05) is 12.0 Å². The summed E-state index contributed by atoms with van der Waals surface area (Å²) in [6, 6.07) is 7.54. The molecule has 32 heavy (non-hydrogen) atoms. The standard InChI is InChI=1S/C21H19ClF4N2O3S/c1-12-17(19(27-29)14-7-3-8-15(18(14)23)21(24,25)26)13-6-4-9-16(22)20(13)28(12)10-5-11-32(2,30)31/h3-4,6-9,29H,5,10-11H2,1-2H3/b27-19+. The van der Waals surface area contributed by atoms with Gasteiger partial charge in [-0.1, -0.05) is 35.0 Å². The van der Waals surface area contributed by atoms with E-state index in [1.807, 2.05) is 0 Å². The Morgan fingerprint density at radius 2 is 1.84 bits per heavy atom. The Hall–Kier alpha value is -2.59. The number of aryl methyl sites for hydroxylation is 1. The van der Waals surface area contributed by atoms with Crippen molar-refractivity contribution in [3.8, 4) is 0 Å². The van der Waals surface area contributed by atoms with E-state index >= 15 is 0 Å². The normalized spacial score (nSPS) is 13.2. The summed E-state index contributed by atoms with van der Waals surface area (Å²) in [5.41, 5.74) is -1.29. The molecule has 0 radical (unpaired) electrons. The van der Waals surface area contributed by atoms with Gasteiger partial charge in [-0.2, -0.15) is 13.2 Å². The molecule has 1 heterocycles. The Morgan fingerprint density at radius 3 is 2.44 bits per heavy atom. The van der Waals surface area contributed by atoms with Gasteiger partial charge in [0.2, 0.25) is 0 Å². The summed E-state index contributed by atoms with van der Waals surface area (Å²) < 4.78 is 79.2. The average Bonchev–Trinajstić information content (AvgIpc) is 2.95. The van der Waals surface area contributed by atoms with Crippen LogP contribution in [0.5, 0.6) is 0 Å². The molecule has 0 saturated heterocycles. The lowest BCUT2D eigenvalue weighted by atomic mass is 9.97. The lowest BCUT2D eigenvalue weighted by Gasteiger charge is -2.13. The van der Waals surface area contributed by atoms with Crippen molar-refractivity contribution in [2.24, 2.45) is 5.16 Å². The molecule has 3 rings (SSSR count). The van der Waals surface area contributed by atoms with Gasteiger partial charge in [0.05, 0.1) is 21.9 Å². The van der Waals surface area contributed by atoms with Crippen LogP contribution in [0.2, 0.25) is 5.02 Å². The Labute approximate surface area is 186 Å². The number of aromatic nitrogens is 1. The SMILES string of the molecule is Cc1c(/C(=N/O)c2cccc(C(F)(F)F)c2F)c2cccc(Cl)c2n1CCCS(C)(=O)=O. The first kappa shape index (κ1) is 24.1. The second-order valence-corrected chi connectivity index (χ2v) is 10.0. The first-order valence-electron chi connectivity index (χ1n) is 9.40. The molecule has 5 nitrogen and oxygen atoms in total. The summed E-state index contributed by atoms with van der Waals surface area (Å²) in [5.74, 6) is -1.65. The van der Waals surface area contributed by atoms with E-state index in [9.17, 15) is 31.2 Å². The molecule has 11 heteroatoms. The predicted molar refractivity (Wildman–Crippen MR) is 115 cm³/mol. The number of alkyl halides is 3. The molecular formula is C21H19ClF4N2O3S. The summed E-state index contributed by atoms with van der Waals surface area (Å²) >= 11 is 6.36. The summed E-state index contributed by atoms with van der Waals surface area (Å²) in [6.07, 6.45) is -3.57. The molecule has 0 saturated carbocycles. The molecule has 0 bridgehead atoms. The van der Waals surface area contributed by atoms with Gasteiger partial charge in [0, 0.05) is 35.0 Å². The van der Waals surface area contributed by atoms with Crippen LogP contribution in [0.15, 0.2) is 41.6 Å². The van der Waals surface area contributed by atoms with Crippen molar-refractivity contribution in [3.05, 3.63) is 69.6 Å². The fourth-order valence-corrected chi connectivity index (χ4v) is 4.65. The number of halogens is 5. The van der Waals surface area contributed by atoms with E-state index in [0.29, 0.717) is 27.7 Å². The summed E-state index contributed by atoms with van der Waals surface area (Å²) in [4.78, 5) is 0. The summed E-state index contributed by atoms with van der Waals surface area (Å²) in [5, 5.41) is 13.6. The van der Waals surface area contributed by atoms with Crippen molar-refractivity contribution >= 4 is 38.1 Å². The minimum atomic E-state index is -4.93. The maximum absolute atomic E-state index is 14.8. The van der Waals surface area contributed by atoms with Crippen LogP contribution in [-0.4, -0.2) is 35.9 Å². The number of hydrogen-bond donors (Lipinski definition) is 1. The van der Waals surface area contributed by atoms with Gasteiger partial charge >= 0.3 is 6.18 Å². The zero-order valence-electron chi connectivity index (χ0n) is 17.0. The second kappa shape index (κ2) is 8.74. The molecule has 0 fully saturated rings. The largest absolute Gasteiger partial charge is 0.419 e. The van der Waals surface area contributed by atoms with Gasteiger partial charge < -0.3 is 9.77 Å². The minimum Gasteiger partial charge on any atom is -0.410 e. The molecular weight excluding hydrogens is 472 g/mol. The van der Waals surface area contributed by atoms with Crippen molar-refractivity contribution in [1.29, 1.82) is 0 Å². The lowest BCUT2D eigenvalue weighted by Crippen LogP contribution is -2.15. The highest BCUT2D eigenvalue weighted by molar-refractivity contribution is 7.90. The number of para-hydroxylation sites is 1. The fourth-order valence-electron chi connectivity index (χ4n) is 3.72. The van der Waals surface area contributed by atoms with Gasteiger partial charge in [-0.25, -0.2) is 12.8 Å². The smallest absolute Gasteiger partial charge is 0.410 e. The Balaban J connectivity index is 2.23. The van der Waals surface area contributed by atoms with Crippen LogP contribution < -0.4 is 0 Å². The van der Waals surface area contributed by atoms with Crippen LogP contribution in [0.4, 0.5) is 17.6 Å². The van der Waals surface area contributed by atoms with E-state index < -0.39 is 33.0 Å². The third-order valence-corrected chi connectivity index (χ3v) is 6.42. The van der Waals surface area contributed by atoms with E-state index in [-0.39, 0.29) is 30.0 Å². The highest BCUT2D eigenvalue weighted by Gasteiger charge is 2.36. The zero-order valence-corrected chi connectivity index (χ0v) is 18.6. The molecule has 0 aliphatic heterocycles. The van der Waals surface area contributed by atoms with Crippen LogP contribution in [0.3, 0.4) is 0 Å². The van der Waals surface area contributed by atoms with E-state index in [1.165, 1.54) is 0 Å². The average molecular weight is 491 g/mol. The molecule has 0 spiro atoms. The Morgan fingerprint density at radius 1 is 1.19 bits per heavy atom. The highest BCUT2D eigenvalue weighted by Crippen LogP contribution is 2.36. The number of nitrogens with zero attached hydrogens (tertiary/aromatic N) is 2. The third kappa shape index (κ3) is 4.61. The Bertz CT molecular complexity index is 1310. The van der Waals surface area contributed by atoms with Crippen molar-refractivity contribution in [1.82, 2.24) is 4.57 Å². The van der Waals surface area contributed by atoms with Crippen molar-refractivity contribution < 1.29 is 31.2 Å². The predicted octanol–water partition coefficient (Wildman–Crippen LogP) is 5.42.